The zero-order chi connectivity index (χ0) is 14.7. The predicted octanol–water partition coefficient (Wildman–Crippen LogP) is 3.92. The maximum Gasteiger partial charge on any atom is 0.124 e. The van der Waals surface area contributed by atoms with Crippen molar-refractivity contribution in [1.82, 2.24) is 0 Å². The first-order valence-corrected chi connectivity index (χ1v) is 6.57. The summed E-state index contributed by atoms with van der Waals surface area (Å²) < 4.78 is 13.0. The molecule has 0 aliphatic carbocycles. The summed E-state index contributed by atoms with van der Waals surface area (Å²) in [5, 5.41) is 8.22. The molecule has 0 amide bonds. The molecule has 0 unspecified atom stereocenters. The molecule has 2 rings (SSSR count). The van der Waals surface area contributed by atoms with E-state index in [0.29, 0.717) is 17.1 Å². The van der Waals surface area contributed by atoms with E-state index in [0.717, 1.165) is 11.4 Å². The summed E-state index contributed by atoms with van der Waals surface area (Å²) >= 11 is 6.04. The minimum absolute atomic E-state index is 0.0303. The molecule has 0 saturated carbocycles. The van der Waals surface area contributed by atoms with Gasteiger partial charge in [-0.15, -0.1) is 0 Å². The smallest absolute Gasteiger partial charge is 0.124 e. The van der Waals surface area contributed by atoms with Crippen molar-refractivity contribution >= 4 is 28.8 Å². The van der Waals surface area contributed by atoms with E-state index in [1.807, 2.05) is 11.8 Å². The molecule has 0 spiro atoms. The number of nitrogens with zero attached hydrogens (tertiary/aromatic N) is 1. The van der Waals surface area contributed by atoms with Gasteiger partial charge in [0.05, 0.1) is 5.69 Å². The fourth-order valence-electron chi connectivity index (χ4n) is 2.07. The average Bonchev–Trinajstić information content (AvgIpc) is 2.41. The zero-order valence-electron chi connectivity index (χ0n) is 11.0. The van der Waals surface area contributed by atoms with Crippen LogP contribution in [-0.2, 0) is 0 Å². The Hall–Kier alpha value is -2.07. The quantitative estimate of drug-likeness (QED) is 0.662. The molecule has 0 heterocycles. The van der Waals surface area contributed by atoms with E-state index in [-0.39, 0.29) is 11.7 Å². The van der Waals surface area contributed by atoms with Crippen molar-refractivity contribution < 1.29 is 4.39 Å². The number of halogens is 2. The van der Waals surface area contributed by atoms with Crippen LogP contribution in [-0.4, -0.2) is 12.4 Å². The van der Waals surface area contributed by atoms with Gasteiger partial charge in [0, 0.05) is 22.8 Å². The van der Waals surface area contributed by atoms with E-state index in [4.69, 9.17) is 22.7 Å². The van der Waals surface area contributed by atoms with E-state index < -0.39 is 0 Å². The van der Waals surface area contributed by atoms with E-state index in [2.05, 4.69) is 0 Å². The molecule has 0 aliphatic heterocycles. The monoisotopic (exact) mass is 291 g/mol. The average molecular weight is 292 g/mol. The number of benzene rings is 2. The van der Waals surface area contributed by atoms with Gasteiger partial charge in [0.15, 0.2) is 0 Å². The number of rotatable bonds is 4. The topological polar surface area (TPSA) is 53.1 Å². The lowest BCUT2D eigenvalue weighted by atomic mass is 10.1. The van der Waals surface area contributed by atoms with E-state index >= 15 is 0 Å². The second-order valence-electron chi connectivity index (χ2n) is 4.30. The number of amidine groups is 1. The number of hydrogen-bond acceptors (Lipinski definition) is 2. The number of hydrogen-bond donors (Lipinski definition) is 2. The first kappa shape index (κ1) is 14.3. The normalized spacial score (nSPS) is 10.3. The van der Waals surface area contributed by atoms with Crippen LogP contribution in [0, 0.1) is 11.2 Å². The summed E-state index contributed by atoms with van der Waals surface area (Å²) in [6.07, 6.45) is 0. The van der Waals surface area contributed by atoms with Crippen LogP contribution in [0.25, 0.3) is 0 Å². The van der Waals surface area contributed by atoms with Crippen LogP contribution < -0.4 is 10.6 Å². The molecule has 2 aromatic carbocycles. The van der Waals surface area contributed by atoms with Gasteiger partial charge in [-0.3, -0.25) is 5.41 Å². The molecule has 0 atom stereocenters. The van der Waals surface area contributed by atoms with Crippen molar-refractivity contribution in [3.8, 4) is 0 Å². The molecule has 2 aromatic rings. The Morgan fingerprint density at radius 1 is 1.25 bits per heavy atom. The van der Waals surface area contributed by atoms with Crippen LogP contribution in [0.2, 0.25) is 5.02 Å². The molecule has 0 bridgehead atoms. The summed E-state index contributed by atoms with van der Waals surface area (Å²) in [6, 6.07) is 11.3. The van der Waals surface area contributed by atoms with Gasteiger partial charge in [0.2, 0.25) is 0 Å². The maximum absolute atomic E-state index is 13.0. The van der Waals surface area contributed by atoms with Crippen molar-refractivity contribution in [2.24, 2.45) is 5.73 Å². The third-order valence-corrected chi connectivity index (χ3v) is 3.23. The van der Waals surface area contributed by atoms with Crippen molar-refractivity contribution in [3.63, 3.8) is 0 Å². The first-order chi connectivity index (χ1) is 9.52. The van der Waals surface area contributed by atoms with Crippen molar-refractivity contribution in [2.45, 2.75) is 6.92 Å². The highest BCUT2D eigenvalue weighted by molar-refractivity contribution is 6.31. The highest BCUT2D eigenvalue weighted by atomic mass is 35.5. The fourth-order valence-corrected chi connectivity index (χ4v) is 2.24. The summed E-state index contributed by atoms with van der Waals surface area (Å²) in [5.41, 5.74) is 7.76. The molecule has 0 aliphatic rings. The summed E-state index contributed by atoms with van der Waals surface area (Å²) in [7, 11) is 0. The van der Waals surface area contributed by atoms with Gasteiger partial charge in [-0.1, -0.05) is 11.6 Å². The molecule has 0 radical (unpaired) electrons. The summed E-state index contributed by atoms with van der Waals surface area (Å²) in [4.78, 5) is 1.93. The van der Waals surface area contributed by atoms with E-state index in [9.17, 15) is 4.39 Å². The largest absolute Gasteiger partial charge is 0.384 e. The molecule has 0 saturated heterocycles. The number of nitrogen functional groups attached to an aromatic ring is 1. The van der Waals surface area contributed by atoms with Gasteiger partial charge in [-0.25, -0.2) is 4.39 Å². The Balaban J connectivity index is 2.53. The molecule has 20 heavy (non-hydrogen) atoms. The molecular weight excluding hydrogens is 277 g/mol. The molecule has 3 N–H and O–H groups in total. The summed E-state index contributed by atoms with van der Waals surface area (Å²) in [6.45, 7) is 2.61. The lowest BCUT2D eigenvalue weighted by Gasteiger charge is -2.25. The lowest BCUT2D eigenvalue weighted by Crippen LogP contribution is -2.21. The predicted molar refractivity (Wildman–Crippen MR) is 81.5 cm³/mol. The third kappa shape index (κ3) is 2.91. The second kappa shape index (κ2) is 5.92. The molecule has 0 fully saturated rings. The Morgan fingerprint density at radius 3 is 2.45 bits per heavy atom. The fraction of sp³-hybridized carbons (Fsp3) is 0.133. The van der Waals surface area contributed by atoms with Crippen LogP contribution in [0.3, 0.4) is 0 Å². The first-order valence-electron chi connectivity index (χ1n) is 6.20. The molecule has 3 nitrogen and oxygen atoms in total. The third-order valence-electron chi connectivity index (χ3n) is 3.00. The minimum Gasteiger partial charge on any atom is -0.384 e. The van der Waals surface area contributed by atoms with Crippen molar-refractivity contribution in [1.29, 1.82) is 5.41 Å². The van der Waals surface area contributed by atoms with Crippen LogP contribution in [0.1, 0.15) is 12.5 Å². The summed E-state index contributed by atoms with van der Waals surface area (Å²) in [5.74, 6) is -0.320. The van der Waals surface area contributed by atoms with Crippen molar-refractivity contribution in [2.75, 3.05) is 11.4 Å². The zero-order valence-corrected chi connectivity index (χ0v) is 11.8. The number of nitrogens with two attached hydrogens (primary N) is 1. The maximum atomic E-state index is 13.0. The Bertz CT molecular complexity index is 626. The van der Waals surface area contributed by atoms with Gasteiger partial charge in [-0.05, 0) is 49.4 Å². The number of anilines is 2. The Kier molecular flexibility index (Phi) is 4.25. The molecule has 5 heteroatoms. The molecular formula is C15H15ClFN3. The van der Waals surface area contributed by atoms with Crippen LogP contribution >= 0.6 is 11.6 Å². The second-order valence-corrected chi connectivity index (χ2v) is 4.73. The van der Waals surface area contributed by atoms with E-state index in [1.165, 1.54) is 12.1 Å². The van der Waals surface area contributed by atoms with Gasteiger partial charge in [0.1, 0.15) is 11.7 Å². The van der Waals surface area contributed by atoms with Gasteiger partial charge in [-0.2, -0.15) is 0 Å². The van der Waals surface area contributed by atoms with Gasteiger partial charge < -0.3 is 10.6 Å². The standard InChI is InChI=1S/C15H15ClFN3/c1-2-20(12-6-4-11(17)5-7-12)14-9-10(16)3-8-13(14)15(18)19/h3-9H,2H2,1H3,(H3,18,19). The van der Waals surface area contributed by atoms with Gasteiger partial charge in [0.25, 0.3) is 0 Å². The van der Waals surface area contributed by atoms with Crippen molar-refractivity contribution in [3.05, 3.63) is 58.9 Å². The minimum atomic E-state index is -0.289. The highest BCUT2D eigenvalue weighted by Crippen LogP contribution is 2.30. The van der Waals surface area contributed by atoms with E-state index in [1.54, 1.807) is 30.3 Å². The Morgan fingerprint density at radius 2 is 1.90 bits per heavy atom. The highest BCUT2D eigenvalue weighted by Gasteiger charge is 2.14. The SMILES string of the molecule is CCN(c1ccc(F)cc1)c1cc(Cl)ccc1C(=N)N. The lowest BCUT2D eigenvalue weighted by molar-refractivity contribution is 0.628. The molecule has 104 valence electrons. The number of nitrogens with one attached hydrogen (secondary N) is 1. The van der Waals surface area contributed by atoms with Gasteiger partial charge >= 0.3 is 0 Å². The van der Waals surface area contributed by atoms with Crippen LogP contribution in [0.15, 0.2) is 42.5 Å². The van der Waals surface area contributed by atoms with Crippen LogP contribution in [0.4, 0.5) is 15.8 Å². The Labute approximate surface area is 122 Å². The molecule has 0 aromatic heterocycles. The van der Waals surface area contributed by atoms with Crippen LogP contribution in [0.5, 0.6) is 0 Å².